The maximum Gasteiger partial charge on any atom is 0.119 e. The van der Waals surface area contributed by atoms with Crippen molar-refractivity contribution in [2.45, 2.75) is 38.6 Å². The van der Waals surface area contributed by atoms with Crippen molar-refractivity contribution in [3.8, 4) is 11.5 Å². The minimum absolute atomic E-state index is 0.703. The third kappa shape index (κ3) is 4.22. The van der Waals surface area contributed by atoms with Crippen LogP contribution >= 0.6 is 0 Å². The molecule has 1 fully saturated rings. The Bertz CT molecular complexity index is 331. The molecule has 2 rings (SSSR count). The van der Waals surface area contributed by atoms with E-state index in [0.717, 1.165) is 24.5 Å². The molecule has 1 aromatic rings. The van der Waals surface area contributed by atoms with Crippen molar-refractivity contribution in [1.29, 1.82) is 0 Å². The molecule has 100 valence electrons. The number of hydrogen-bond acceptors (Lipinski definition) is 3. The van der Waals surface area contributed by atoms with E-state index in [9.17, 15) is 0 Å². The van der Waals surface area contributed by atoms with Crippen LogP contribution < -0.4 is 14.8 Å². The lowest BCUT2D eigenvalue weighted by Gasteiger charge is -2.11. The van der Waals surface area contributed by atoms with Gasteiger partial charge in [0.25, 0.3) is 0 Å². The van der Waals surface area contributed by atoms with Gasteiger partial charge in [0.15, 0.2) is 0 Å². The zero-order chi connectivity index (χ0) is 12.6. The van der Waals surface area contributed by atoms with Crippen LogP contribution in [0.3, 0.4) is 0 Å². The molecule has 0 aromatic heterocycles. The van der Waals surface area contributed by atoms with Crippen LogP contribution in [-0.4, -0.2) is 25.8 Å². The Morgan fingerprint density at radius 3 is 2.50 bits per heavy atom. The van der Waals surface area contributed by atoms with Gasteiger partial charge < -0.3 is 14.8 Å². The first-order chi connectivity index (χ1) is 8.88. The van der Waals surface area contributed by atoms with E-state index in [1.807, 2.05) is 31.2 Å². The Morgan fingerprint density at radius 2 is 1.89 bits per heavy atom. The normalized spacial score (nSPS) is 18.8. The molecule has 1 unspecified atom stereocenters. The third-order valence-electron chi connectivity index (χ3n) is 3.26. The first-order valence-electron chi connectivity index (χ1n) is 6.97. The van der Waals surface area contributed by atoms with Crippen LogP contribution in [0.5, 0.6) is 11.5 Å². The summed E-state index contributed by atoms with van der Waals surface area (Å²) in [5.74, 6) is 1.83. The SMILES string of the molecule is CCOc1ccc(OCCCC2CCCN2)cc1. The van der Waals surface area contributed by atoms with E-state index < -0.39 is 0 Å². The Balaban J connectivity index is 1.63. The minimum Gasteiger partial charge on any atom is -0.494 e. The summed E-state index contributed by atoms with van der Waals surface area (Å²) in [7, 11) is 0. The Hall–Kier alpha value is -1.22. The quantitative estimate of drug-likeness (QED) is 0.754. The molecule has 3 nitrogen and oxygen atoms in total. The van der Waals surface area contributed by atoms with Crippen molar-refractivity contribution in [3.05, 3.63) is 24.3 Å². The van der Waals surface area contributed by atoms with Gasteiger partial charge in [0.2, 0.25) is 0 Å². The average Bonchev–Trinajstić information content (AvgIpc) is 2.90. The van der Waals surface area contributed by atoms with Gasteiger partial charge in [-0.1, -0.05) is 0 Å². The number of rotatable bonds is 7. The second-order valence-electron chi connectivity index (χ2n) is 4.69. The lowest BCUT2D eigenvalue weighted by molar-refractivity contribution is 0.297. The fourth-order valence-corrected chi connectivity index (χ4v) is 2.32. The molecule has 0 radical (unpaired) electrons. The van der Waals surface area contributed by atoms with E-state index in [2.05, 4.69) is 5.32 Å². The van der Waals surface area contributed by atoms with E-state index in [0.29, 0.717) is 12.6 Å². The summed E-state index contributed by atoms with van der Waals surface area (Å²) < 4.78 is 11.1. The number of hydrogen-bond donors (Lipinski definition) is 1. The number of ether oxygens (including phenoxy) is 2. The number of benzene rings is 1. The van der Waals surface area contributed by atoms with E-state index in [1.54, 1.807) is 0 Å². The molecule has 1 N–H and O–H groups in total. The van der Waals surface area contributed by atoms with Gasteiger partial charge >= 0.3 is 0 Å². The van der Waals surface area contributed by atoms with Crippen LogP contribution in [-0.2, 0) is 0 Å². The smallest absolute Gasteiger partial charge is 0.119 e. The largest absolute Gasteiger partial charge is 0.494 e. The fourth-order valence-electron chi connectivity index (χ4n) is 2.32. The predicted molar refractivity (Wildman–Crippen MR) is 73.4 cm³/mol. The molecule has 0 amide bonds. The molecule has 3 heteroatoms. The summed E-state index contributed by atoms with van der Waals surface area (Å²) >= 11 is 0. The average molecular weight is 249 g/mol. The molecule has 0 saturated carbocycles. The standard InChI is InChI=1S/C15H23NO2/c1-2-17-14-7-9-15(10-8-14)18-12-4-6-13-5-3-11-16-13/h7-10,13,16H,2-6,11-12H2,1H3. The van der Waals surface area contributed by atoms with Crippen molar-refractivity contribution < 1.29 is 9.47 Å². The lowest BCUT2D eigenvalue weighted by Crippen LogP contribution is -2.21. The zero-order valence-corrected chi connectivity index (χ0v) is 11.2. The van der Waals surface area contributed by atoms with Crippen LogP contribution in [0.2, 0.25) is 0 Å². The summed E-state index contributed by atoms with van der Waals surface area (Å²) in [4.78, 5) is 0. The van der Waals surface area contributed by atoms with Crippen LogP contribution in [0.15, 0.2) is 24.3 Å². The highest BCUT2D eigenvalue weighted by Gasteiger charge is 2.12. The summed E-state index contributed by atoms with van der Waals surface area (Å²) in [5, 5.41) is 3.50. The minimum atomic E-state index is 0.703. The van der Waals surface area contributed by atoms with E-state index >= 15 is 0 Å². The third-order valence-corrected chi connectivity index (χ3v) is 3.26. The molecule has 1 atom stereocenters. The van der Waals surface area contributed by atoms with Gasteiger partial charge in [0.1, 0.15) is 11.5 Å². The summed E-state index contributed by atoms with van der Waals surface area (Å²) in [5.41, 5.74) is 0. The van der Waals surface area contributed by atoms with Crippen LogP contribution in [0.4, 0.5) is 0 Å². The Morgan fingerprint density at radius 1 is 1.17 bits per heavy atom. The molecule has 1 aliphatic heterocycles. The zero-order valence-electron chi connectivity index (χ0n) is 11.2. The van der Waals surface area contributed by atoms with Gasteiger partial charge in [-0.2, -0.15) is 0 Å². The van der Waals surface area contributed by atoms with Crippen molar-refractivity contribution in [2.75, 3.05) is 19.8 Å². The van der Waals surface area contributed by atoms with Gasteiger partial charge in [-0.05, 0) is 63.4 Å². The van der Waals surface area contributed by atoms with Crippen LogP contribution in [0, 0.1) is 0 Å². The molecule has 0 spiro atoms. The maximum atomic E-state index is 5.72. The topological polar surface area (TPSA) is 30.5 Å². The maximum absolute atomic E-state index is 5.72. The molecule has 18 heavy (non-hydrogen) atoms. The predicted octanol–water partition coefficient (Wildman–Crippen LogP) is 3.00. The molecule has 1 saturated heterocycles. The van der Waals surface area contributed by atoms with Crippen molar-refractivity contribution in [3.63, 3.8) is 0 Å². The van der Waals surface area contributed by atoms with E-state index in [-0.39, 0.29) is 0 Å². The van der Waals surface area contributed by atoms with Crippen molar-refractivity contribution in [1.82, 2.24) is 5.32 Å². The highest BCUT2D eigenvalue weighted by atomic mass is 16.5. The molecule has 0 bridgehead atoms. The second kappa shape index (κ2) is 7.27. The molecule has 1 aliphatic rings. The van der Waals surface area contributed by atoms with Crippen molar-refractivity contribution >= 4 is 0 Å². The first-order valence-corrected chi connectivity index (χ1v) is 6.97. The Kier molecular flexibility index (Phi) is 5.34. The van der Waals surface area contributed by atoms with E-state index in [4.69, 9.17) is 9.47 Å². The molecule has 1 aromatic carbocycles. The van der Waals surface area contributed by atoms with Gasteiger partial charge in [-0.15, -0.1) is 0 Å². The summed E-state index contributed by atoms with van der Waals surface area (Å²) in [6.45, 7) is 4.67. The van der Waals surface area contributed by atoms with Gasteiger partial charge in [-0.3, -0.25) is 0 Å². The monoisotopic (exact) mass is 249 g/mol. The molecule has 0 aliphatic carbocycles. The van der Waals surface area contributed by atoms with Gasteiger partial charge in [-0.25, -0.2) is 0 Å². The fraction of sp³-hybridized carbons (Fsp3) is 0.600. The lowest BCUT2D eigenvalue weighted by atomic mass is 10.1. The molecular formula is C15H23NO2. The summed E-state index contributed by atoms with van der Waals surface area (Å²) in [6, 6.07) is 8.57. The van der Waals surface area contributed by atoms with Crippen LogP contribution in [0.1, 0.15) is 32.6 Å². The first kappa shape index (κ1) is 13.2. The van der Waals surface area contributed by atoms with Crippen molar-refractivity contribution in [2.24, 2.45) is 0 Å². The second-order valence-corrected chi connectivity index (χ2v) is 4.69. The highest BCUT2D eigenvalue weighted by molar-refractivity contribution is 5.31. The molecular weight excluding hydrogens is 226 g/mol. The summed E-state index contributed by atoms with van der Waals surface area (Å²) in [6.07, 6.45) is 4.98. The van der Waals surface area contributed by atoms with E-state index in [1.165, 1.54) is 25.8 Å². The Labute approximate surface area is 109 Å². The van der Waals surface area contributed by atoms with Gasteiger partial charge in [0, 0.05) is 6.04 Å². The number of nitrogens with one attached hydrogen (secondary N) is 1. The molecule has 1 heterocycles. The van der Waals surface area contributed by atoms with Gasteiger partial charge in [0.05, 0.1) is 13.2 Å². The van der Waals surface area contributed by atoms with Crippen LogP contribution in [0.25, 0.3) is 0 Å². The highest BCUT2D eigenvalue weighted by Crippen LogP contribution is 2.18.